The number of phenols is 1. The fourth-order valence-electron chi connectivity index (χ4n) is 2.62. The lowest BCUT2D eigenvalue weighted by molar-refractivity contribution is 0.463. The highest BCUT2D eigenvalue weighted by molar-refractivity contribution is 5.44. The molecule has 1 unspecified atom stereocenters. The van der Waals surface area contributed by atoms with Gasteiger partial charge in [-0.1, -0.05) is 12.1 Å². The molecule has 6 heteroatoms. The van der Waals surface area contributed by atoms with Crippen LogP contribution in [0.25, 0.3) is 0 Å². The molecule has 116 valence electrons. The van der Waals surface area contributed by atoms with Gasteiger partial charge in [-0.15, -0.1) is 0 Å². The number of anilines is 2. The fraction of sp³-hybridized carbons (Fsp3) is 0.375. The van der Waals surface area contributed by atoms with Crippen LogP contribution in [0.3, 0.4) is 0 Å². The van der Waals surface area contributed by atoms with Crippen molar-refractivity contribution in [2.24, 2.45) is 0 Å². The number of rotatable bonds is 3. The predicted octanol–water partition coefficient (Wildman–Crippen LogP) is 1.40. The molecule has 1 fully saturated rings. The van der Waals surface area contributed by atoms with Crippen molar-refractivity contribution in [3.63, 3.8) is 0 Å². The molecule has 3 rings (SSSR count). The van der Waals surface area contributed by atoms with E-state index < -0.39 is 0 Å². The van der Waals surface area contributed by atoms with E-state index in [4.69, 9.17) is 0 Å². The van der Waals surface area contributed by atoms with Gasteiger partial charge < -0.3 is 20.2 Å². The molecular formula is C16H21N5O. The van der Waals surface area contributed by atoms with E-state index in [1.54, 1.807) is 18.3 Å². The van der Waals surface area contributed by atoms with Gasteiger partial charge in [0.1, 0.15) is 11.6 Å². The van der Waals surface area contributed by atoms with Gasteiger partial charge in [0.2, 0.25) is 5.95 Å². The molecule has 1 aromatic heterocycles. The quantitative estimate of drug-likeness (QED) is 0.893. The molecular weight excluding hydrogens is 278 g/mol. The summed E-state index contributed by atoms with van der Waals surface area (Å²) in [4.78, 5) is 13.0. The molecule has 1 aliphatic heterocycles. The summed E-state index contributed by atoms with van der Waals surface area (Å²) in [7, 11) is 3.88. The van der Waals surface area contributed by atoms with Gasteiger partial charge in [0.05, 0.1) is 0 Å². The summed E-state index contributed by atoms with van der Waals surface area (Å²) in [5.41, 5.74) is 1.17. The Balaban J connectivity index is 1.78. The van der Waals surface area contributed by atoms with Crippen LogP contribution < -0.4 is 15.1 Å². The lowest BCUT2D eigenvalue weighted by Crippen LogP contribution is -2.46. The van der Waals surface area contributed by atoms with Gasteiger partial charge in [-0.2, -0.15) is 4.98 Å². The second kappa shape index (κ2) is 6.19. The third kappa shape index (κ3) is 3.12. The minimum Gasteiger partial charge on any atom is -0.508 e. The number of aromatic hydroxyl groups is 1. The number of aromatic nitrogens is 2. The molecule has 2 N–H and O–H groups in total. The Morgan fingerprint density at radius 1 is 1.23 bits per heavy atom. The maximum atomic E-state index is 9.42. The van der Waals surface area contributed by atoms with E-state index in [1.165, 1.54) is 5.56 Å². The first-order valence-corrected chi connectivity index (χ1v) is 7.41. The van der Waals surface area contributed by atoms with E-state index >= 15 is 0 Å². The van der Waals surface area contributed by atoms with Crippen molar-refractivity contribution in [3.05, 3.63) is 42.1 Å². The predicted molar refractivity (Wildman–Crippen MR) is 87.4 cm³/mol. The standard InChI is InChI=1S/C16H21N5O/c1-20(2)16-18-8-7-15(19-16)21-10-9-17-14(11-21)12-3-5-13(22)6-4-12/h3-8,14,17,22H,9-11H2,1-2H3. The van der Waals surface area contributed by atoms with Gasteiger partial charge in [0.25, 0.3) is 0 Å². The molecule has 0 amide bonds. The molecule has 0 saturated carbocycles. The van der Waals surface area contributed by atoms with Gasteiger partial charge in [0, 0.05) is 46.0 Å². The van der Waals surface area contributed by atoms with Gasteiger partial charge in [0.15, 0.2) is 0 Å². The number of nitrogens with one attached hydrogen (secondary N) is 1. The molecule has 0 spiro atoms. The van der Waals surface area contributed by atoms with Crippen LogP contribution in [0.15, 0.2) is 36.5 Å². The zero-order valence-electron chi connectivity index (χ0n) is 12.9. The number of hydrogen-bond donors (Lipinski definition) is 2. The second-order valence-corrected chi connectivity index (χ2v) is 5.65. The van der Waals surface area contributed by atoms with E-state index in [1.807, 2.05) is 37.2 Å². The molecule has 0 radical (unpaired) electrons. The Kier molecular flexibility index (Phi) is 4.11. The topological polar surface area (TPSA) is 64.5 Å². The number of phenolic OH excluding ortho intramolecular Hbond substituents is 1. The third-order valence-electron chi connectivity index (χ3n) is 3.82. The zero-order chi connectivity index (χ0) is 15.5. The maximum Gasteiger partial charge on any atom is 0.226 e. The smallest absolute Gasteiger partial charge is 0.226 e. The molecule has 2 heterocycles. The summed E-state index contributed by atoms with van der Waals surface area (Å²) in [6.45, 7) is 2.65. The molecule has 1 aromatic carbocycles. The first kappa shape index (κ1) is 14.6. The molecule has 1 atom stereocenters. The van der Waals surface area contributed by atoms with Crippen LogP contribution in [0.4, 0.5) is 11.8 Å². The summed E-state index contributed by atoms with van der Waals surface area (Å²) in [6.07, 6.45) is 1.80. The van der Waals surface area contributed by atoms with Crippen molar-refractivity contribution >= 4 is 11.8 Å². The third-order valence-corrected chi connectivity index (χ3v) is 3.82. The van der Waals surface area contributed by atoms with Crippen molar-refractivity contribution in [1.29, 1.82) is 0 Å². The van der Waals surface area contributed by atoms with Gasteiger partial charge in [-0.05, 0) is 23.8 Å². The summed E-state index contributed by atoms with van der Waals surface area (Å²) >= 11 is 0. The summed E-state index contributed by atoms with van der Waals surface area (Å²) in [6, 6.07) is 9.55. The summed E-state index contributed by atoms with van der Waals surface area (Å²) < 4.78 is 0. The molecule has 1 aliphatic rings. The Labute approximate surface area is 130 Å². The molecule has 0 aliphatic carbocycles. The van der Waals surface area contributed by atoms with Crippen molar-refractivity contribution in [3.8, 4) is 5.75 Å². The van der Waals surface area contributed by atoms with Crippen LogP contribution in [-0.4, -0.2) is 48.8 Å². The Hall–Kier alpha value is -2.34. The first-order chi connectivity index (χ1) is 10.6. The normalized spacial score (nSPS) is 18.3. The zero-order valence-corrected chi connectivity index (χ0v) is 12.9. The Morgan fingerprint density at radius 3 is 2.73 bits per heavy atom. The van der Waals surface area contributed by atoms with E-state index in [0.29, 0.717) is 5.75 Å². The monoisotopic (exact) mass is 299 g/mol. The van der Waals surface area contributed by atoms with Crippen LogP contribution in [-0.2, 0) is 0 Å². The van der Waals surface area contributed by atoms with E-state index in [0.717, 1.165) is 31.4 Å². The van der Waals surface area contributed by atoms with Gasteiger partial charge in [-0.3, -0.25) is 0 Å². The minimum absolute atomic E-state index is 0.229. The van der Waals surface area contributed by atoms with Crippen LogP contribution in [0.1, 0.15) is 11.6 Å². The Morgan fingerprint density at radius 2 is 2.00 bits per heavy atom. The molecule has 22 heavy (non-hydrogen) atoms. The largest absolute Gasteiger partial charge is 0.508 e. The first-order valence-electron chi connectivity index (χ1n) is 7.41. The van der Waals surface area contributed by atoms with Crippen molar-refractivity contribution in [2.75, 3.05) is 43.5 Å². The number of piperazine rings is 1. The van der Waals surface area contributed by atoms with Crippen molar-refractivity contribution in [2.45, 2.75) is 6.04 Å². The average Bonchev–Trinajstić information content (AvgIpc) is 2.56. The van der Waals surface area contributed by atoms with E-state index in [9.17, 15) is 5.11 Å². The van der Waals surface area contributed by atoms with Crippen molar-refractivity contribution in [1.82, 2.24) is 15.3 Å². The van der Waals surface area contributed by atoms with Gasteiger partial charge in [-0.25, -0.2) is 4.98 Å². The Bertz CT molecular complexity index is 629. The highest BCUT2D eigenvalue weighted by atomic mass is 16.3. The molecule has 2 aromatic rings. The van der Waals surface area contributed by atoms with Crippen molar-refractivity contribution < 1.29 is 5.11 Å². The van der Waals surface area contributed by atoms with E-state index in [2.05, 4.69) is 20.2 Å². The number of benzene rings is 1. The highest BCUT2D eigenvalue weighted by Crippen LogP contribution is 2.23. The van der Waals surface area contributed by atoms with Crippen LogP contribution in [0.5, 0.6) is 5.75 Å². The summed E-state index contributed by atoms with van der Waals surface area (Å²) in [5.74, 6) is 1.96. The van der Waals surface area contributed by atoms with Crippen LogP contribution >= 0.6 is 0 Å². The SMILES string of the molecule is CN(C)c1nccc(N2CCNC(c3ccc(O)cc3)C2)n1. The second-order valence-electron chi connectivity index (χ2n) is 5.65. The van der Waals surface area contributed by atoms with E-state index in [-0.39, 0.29) is 6.04 Å². The maximum absolute atomic E-state index is 9.42. The molecule has 0 bridgehead atoms. The molecule has 6 nitrogen and oxygen atoms in total. The highest BCUT2D eigenvalue weighted by Gasteiger charge is 2.22. The lowest BCUT2D eigenvalue weighted by Gasteiger charge is -2.35. The fourth-order valence-corrected chi connectivity index (χ4v) is 2.62. The van der Waals surface area contributed by atoms with Crippen LogP contribution in [0.2, 0.25) is 0 Å². The minimum atomic E-state index is 0.229. The number of nitrogens with zero attached hydrogens (tertiary/aromatic N) is 4. The summed E-state index contributed by atoms with van der Waals surface area (Å²) in [5, 5.41) is 12.9. The number of hydrogen-bond acceptors (Lipinski definition) is 6. The molecule has 1 saturated heterocycles. The average molecular weight is 299 g/mol. The lowest BCUT2D eigenvalue weighted by atomic mass is 10.0. The van der Waals surface area contributed by atoms with Gasteiger partial charge >= 0.3 is 0 Å². The van der Waals surface area contributed by atoms with Crippen LogP contribution in [0, 0.1) is 0 Å².